The predicted octanol–water partition coefficient (Wildman–Crippen LogP) is 2.29. The molecule has 0 spiro atoms. The Labute approximate surface area is 130 Å². The van der Waals surface area contributed by atoms with Gasteiger partial charge in [0.15, 0.2) is 0 Å². The molecule has 2 N–H and O–H groups in total. The second-order valence-corrected chi connectivity index (χ2v) is 6.90. The van der Waals surface area contributed by atoms with E-state index >= 15 is 0 Å². The summed E-state index contributed by atoms with van der Waals surface area (Å²) in [5.74, 6) is 0.174. The van der Waals surface area contributed by atoms with Crippen molar-refractivity contribution in [3.05, 3.63) is 0 Å². The van der Waals surface area contributed by atoms with Crippen molar-refractivity contribution in [2.75, 3.05) is 19.6 Å². The van der Waals surface area contributed by atoms with Gasteiger partial charge < -0.3 is 15.5 Å². The molecule has 4 heteroatoms. The Balaban J connectivity index is 1.55. The Kier molecular flexibility index (Phi) is 6.97. The topological polar surface area (TPSA) is 44.4 Å². The van der Waals surface area contributed by atoms with Gasteiger partial charge in [-0.3, -0.25) is 4.79 Å². The van der Waals surface area contributed by atoms with Gasteiger partial charge in [-0.25, -0.2) is 0 Å². The lowest BCUT2D eigenvalue weighted by Crippen LogP contribution is -2.46. The van der Waals surface area contributed by atoms with E-state index in [0.29, 0.717) is 6.04 Å². The highest BCUT2D eigenvalue weighted by atomic mass is 16.2. The standard InChI is InChI=1S/C17H33N3O/c1-14-8-5-6-12-20(14)13-7-11-18-15(2)17(21)19-16-9-3-4-10-16/h14-16,18H,3-13H2,1-2H3,(H,19,21). The Morgan fingerprint density at radius 3 is 2.62 bits per heavy atom. The Bertz CT molecular complexity index is 315. The third kappa shape index (κ3) is 5.59. The van der Waals surface area contributed by atoms with E-state index in [9.17, 15) is 4.79 Å². The van der Waals surface area contributed by atoms with Gasteiger partial charge in [-0.1, -0.05) is 19.3 Å². The minimum Gasteiger partial charge on any atom is -0.352 e. The van der Waals surface area contributed by atoms with E-state index in [4.69, 9.17) is 0 Å². The summed E-state index contributed by atoms with van der Waals surface area (Å²) in [4.78, 5) is 14.7. The van der Waals surface area contributed by atoms with Crippen molar-refractivity contribution in [3.8, 4) is 0 Å². The summed E-state index contributed by atoms with van der Waals surface area (Å²) in [7, 11) is 0. The highest BCUT2D eigenvalue weighted by molar-refractivity contribution is 5.81. The van der Waals surface area contributed by atoms with Crippen LogP contribution in [0.25, 0.3) is 0 Å². The Morgan fingerprint density at radius 2 is 1.90 bits per heavy atom. The van der Waals surface area contributed by atoms with Gasteiger partial charge >= 0.3 is 0 Å². The van der Waals surface area contributed by atoms with Gasteiger partial charge in [0, 0.05) is 12.1 Å². The van der Waals surface area contributed by atoms with Crippen LogP contribution >= 0.6 is 0 Å². The molecule has 2 fully saturated rings. The Hall–Kier alpha value is -0.610. The molecule has 0 aromatic heterocycles. The maximum absolute atomic E-state index is 12.1. The molecule has 1 amide bonds. The molecule has 1 aliphatic heterocycles. The smallest absolute Gasteiger partial charge is 0.237 e. The molecule has 0 radical (unpaired) electrons. The largest absolute Gasteiger partial charge is 0.352 e. The van der Waals surface area contributed by atoms with Crippen LogP contribution in [0, 0.1) is 0 Å². The van der Waals surface area contributed by atoms with Crippen LogP contribution in [0.1, 0.15) is 65.2 Å². The van der Waals surface area contributed by atoms with Crippen LogP contribution in [0.3, 0.4) is 0 Å². The number of piperidine rings is 1. The van der Waals surface area contributed by atoms with Crippen LogP contribution in [0.15, 0.2) is 0 Å². The first kappa shape index (κ1) is 16.8. The molecule has 1 saturated heterocycles. The first-order valence-electron chi connectivity index (χ1n) is 8.94. The monoisotopic (exact) mass is 295 g/mol. The number of amides is 1. The minimum absolute atomic E-state index is 0.0654. The molecule has 0 aromatic carbocycles. The average Bonchev–Trinajstić information content (AvgIpc) is 2.98. The van der Waals surface area contributed by atoms with E-state index in [2.05, 4.69) is 22.5 Å². The molecule has 2 rings (SSSR count). The average molecular weight is 295 g/mol. The molecule has 4 nitrogen and oxygen atoms in total. The highest BCUT2D eigenvalue weighted by Crippen LogP contribution is 2.18. The number of hydrogen-bond acceptors (Lipinski definition) is 3. The van der Waals surface area contributed by atoms with Crippen molar-refractivity contribution in [3.63, 3.8) is 0 Å². The van der Waals surface area contributed by atoms with Crippen LogP contribution in [0.5, 0.6) is 0 Å². The zero-order valence-electron chi connectivity index (χ0n) is 13.9. The fourth-order valence-electron chi connectivity index (χ4n) is 3.58. The minimum atomic E-state index is -0.0654. The van der Waals surface area contributed by atoms with E-state index in [1.165, 1.54) is 38.6 Å². The molecular weight excluding hydrogens is 262 g/mol. The summed E-state index contributed by atoms with van der Waals surface area (Å²) >= 11 is 0. The lowest BCUT2D eigenvalue weighted by molar-refractivity contribution is -0.123. The highest BCUT2D eigenvalue weighted by Gasteiger charge is 2.20. The van der Waals surface area contributed by atoms with E-state index < -0.39 is 0 Å². The number of likely N-dealkylation sites (tertiary alicyclic amines) is 1. The lowest BCUT2D eigenvalue weighted by atomic mass is 10.0. The van der Waals surface area contributed by atoms with Gasteiger partial charge in [-0.2, -0.15) is 0 Å². The lowest BCUT2D eigenvalue weighted by Gasteiger charge is -2.33. The van der Waals surface area contributed by atoms with E-state index in [1.807, 2.05) is 6.92 Å². The summed E-state index contributed by atoms with van der Waals surface area (Å²) in [6, 6.07) is 1.10. The van der Waals surface area contributed by atoms with Crippen molar-refractivity contribution >= 4 is 5.91 Å². The molecule has 2 atom stereocenters. The van der Waals surface area contributed by atoms with Crippen molar-refractivity contribution in [1.82, 2.24) is 15.5 Å². The summed E-state index contributed by atoms with van der Waals surface area (Å²) in [5, 5.41) is 6.54. The maximum atomic E-state index is 12.1. The van der Waals surface area contributed by atoms with E-state index in [1.54, 1.807) is 0 Å². The number of nitrogens with one attached hydrogen (secondary N) is 2. The second kappa shape index (κ2) is 8.74. The fraction of sp³-hybridized carbons (Fsp3) is 0.941. The van der Waals surface area contributed by atoms with Crippen LogP contribution in [0.4, 0.5) is 0 Å². The number of rotatable bonds is 7. The molecule has 21 heavy (non-hydrogen) atoms. The van der Waals surface area contributed by atoms with E-state index in [-0.39, 0.29) is 11.9 Å². The summed E-state index contributed by atoms with van der Waals surface area (Å²) in [6.45, 7) is 7.66. The van der Waals surface area contributed by atoms with Crippen molar-refractivity contribution in [2.24, 2.45) is 0 Å². The SMILES string of the molecule is CC(NCCCN1CCCCC1C)C(=O)NC1CCCC1. The Morgan fingerprint density at radius 1 is 1.19 bits per heavy atom. The third-order valence-corrected chi connectivity index (χ3v) is 5.11. The molecular formula is C17H33N3O. The molecule has 2 aliphatic rings. The molecule has 1 heterocycles. The molecule has 0 bridgehead atoms. The van der Waals surface area contributed by atoms with E-state index in [0.717, 1.165) is 38.4 Å². The normalized spacial score (nSPS) is 25.9. The van der Waals surface area contributed by atoms with Gasteiger partial charge in [0.05, 0.1) is 6.04 Å². The summed E-state index contributed by atoms with van der Waals surface area (Å²) in [5.41, 5.74) is 0. The number of hydrogen-bond donors (Lipinski definition) is 2. The summed E-state index contributed by atoms with van der Waals surface area (Å²) in [6.07, 6.45) is 10.0. The number of carbonyl (C=O) groups is 1. The molecule has 2 unspecified atom stereocenters. The van der Waals surface area contributed by atoms with Crippen molar-refractivity contribution in [1.29, 1.82) is 0 Å². The third-order valence-electron chi connectivity index (χ3n) is 5.11. The quantitative estimate of drug-likeness (QED) is 0.708. The van der Waals surface area contributed by atoms with Gasteiger partial charge in [0.2, 0.25) is 5.91 Å². The zero-order valence-corrected chi connectivity index (χ0v) is 13.9. The number of nitrogens with zero attached hydrogens (tertiary/aromatic N) is 1. The molecule has 1 aliphatic carbocycles. The molecule has 1 saturated carbocycles. The van der Waals surface area contributed by atoms with Gasteiger partial charge in [-0.15, -0.1) is 0 Å². The number of carbonyl (C=O) groups excluding carboxylic acids is 1. The van der Waals surface area contributed by atoms with Crippen LogP contribution in [-0.4, -0.2) is 48.6 Å². The van der Waals surface area contributed by atoms with Crippen LogP contribution in [-0.2, 0) is 4.79 Å². The van der Waals surface area contributed by atoms with Crippen molar-refractivity contribution < 1.29 is 4.79 Å². The maximum Gasteiger partial charge on any atom is 0.237 e. The molecule has 0 aromatic rings. The van der Waals surface area contributed by atoms with Crippen LogP contribution < -0.4 is 10.6 Å². The van der Waals surface area contributed by atoms with Gasteiger partial charge in [0.25, 0.3) is 0 Å². The first-order chi connectivity index (χ1) is 10.2. The summed E-state index contributed by atoms with van der Waals surface area (Å²) < 4.78 is 0. The zero-order chi connectivity index (χ0) is 15.1. The molecule has 122 valence electrons. The van der Waals surface area contributed by atoms with Gasteiger partial charge in [0.1, 0.15) is 0 Å². The van der Waals surface area contributed by atoms with Crippen molar-refractivity contribution in [2.45, 2.75) is 83.3 Å². The van der Waals surface area contributed by atoms with Crippen LogP contribution in [0.2, 0.25) is 0 Å². The predicted molar refractivity (Wildman–Crippen MR) is 87.4 cm³/mol. The fourth-order valence-corrected chi connectivity index (χ4v) is 3.58. The van der Waals surface area contributed by atoms with Gasteiger partial charge in [-0.05, 0) is 65.6 Å². The second-order valence-electron chi connectivity index (χ2n) is 6.90. The first-order valence-corrected chi connectivity index (χ1v) is 8.94.